The Morgan fingerprint density at radius 3 is 2.54 bits per heavy atom. The van der Waals surface area contributed by atoms with Crippen molar-refractivity contribution in [3.63, 3.8) is 0 Å². The summed E-state index contributed by atoms with van der Waals surface area (Å²) in [6.45, 7) is 0. The summed E-state index contributed by atoms with van der Waals surface area (Å²) in [4.78, 5) is 10.4. The highest BCUT2D eigenvalue weighted by molar-refractivity contribution is 7.14. The first-order valence-corrected chi connectivity index (χ1v) is 4.76. The van der Waals surface area contributed by atoms with E-state index in [1.165, 1.54) is 11.3 Å². The molecule has 0 aliphatic rings. The molecule has 0 aliphatic carbocycles. The van der Waals surface area contributed by atoms with Crippen molar-refractivity contribution in [2.45, 2.75) is 0 Å². The monoisotopic (exact) mass is 189 g/mol. The minimum atomic E-state index is 0.547. The average Bonchev–Trinajstić information content (AvgIpc) is 2.67. The predicted octanol–water partition coefficient (Wildman–Crippen LogP) is 3.81. The molecule has 0 saturated heterocycles. The van der Waals surface area contributed by atoms with E-state index in [0.29, 0.717) is 5.00 Å². The van der Waals surface area contributed by atoms with Crippen molar-refractivity contribution in [3.05, 3.63) is 46.7 Å². The zero-order chi connectivity index (χ0) is 9.10. The smallest absolute Gasteiger partial charge is 0.144 e. The van der Waals surface area contributed by atoms with Crippen molar-refractivity contribution in [1.29, 1.82) is 0 Å². The second kappa shape index (κ2) is 3.49. The van der Waals surface area contributed by atoms with E-state index in [-0.39, 0.29) is 0 Å². The van der Waals surface area contributed by atoms with E-state index < -0.39 is 0 Å². The summed E-state index contributed by atoms with van der Waals surface area (Å²) < 4.78 is 0. The lowest BCUT2D eigenvalue weighted by Gasteiger charge is -1.96. The first-order valence-electron chi connectivity index (χ1n) is 3.88. The van der Waals surface area contributed by atoms with Crippen LogP contribution in [0, 0.1) is 4.91 Å². The molecule has 64 valence electrons. The predicted molar refractivity (Wildman–Crippen MR) is 55.2 cm³/mol. The van der Waals surface area contributed by atoms with Crippen LogP contribution in [0.2, 0.25) is 0 Å². The SMILES string of the molecule is O=Nc1sccc1-c1ccccc1. The van der Waals surface area contributed by atoms with E-state index in [9.17, 15) is 4.91 Å². The Morgan fingerprint density at radius 1 is 1.08 bits per heavy atom. The summed E-state index contributed by atoms with van der Waals surface area (Å²) in [5.41, 5.74) is 1.96. The summed E-state index contributed by atoms with van der Waals surface area (Å²) in [7, 11) is 0. The Morgan fingerprint density at radius 2 is 1.85 bits per heavy atom. The molecular formula is C10H7NOS. The zero-order valence-corrected chi connectivity index (χ0v) is 7.62. The van der Waals surface area contributed by atoms with Crippen LogP contribution in [0.15, 0.2) is 47.0 Å². The van der Waals surface area contributed by atoms with E-state index in [1.54, 1.807) is 0 Å². The largest absolute Gasteiger partial charge is 0.168 e. The molecule has 1 heterocycles. The number of hydrogen-bond acceptors (Lipinski definition) is 3. The number of nitroso groups, excluding NO2 is 1. The lowest BCUT2D eigenvalue weighted by atomic mass is 10.1. The van der Waals surface area contributed by atoms with Gasteiger partial charge in [-0.1, -0.05) is 30.3 Å². The molecule has 0 aliphatic heterocycles. The Balaban J connectivity index is 2.52. The minimum Gasteiger partial charge on any atom is -0.144 e. The Bertz CT molecular complexity index is 408. The minimum absolute atomic E-state index is 0.547. The highest BCUT2D eigenvalue weighted by Crippen LogP contribution is 2.34. The summed E-state index contributed by atoms with van der Waals surface area (Å²) in [6, 6.07) is 11.7. The van der Waals surface area contributed by atoms with E-state index in [4.69, 9.17) is 0 Å². The maximum absolute atomic E-state index is 10.4. The van der Waals surface area contributed by atoms with Gasteiger partial charge in [-0.15, -0.1) is 16.2 Å². The van der Waals surface area contributed by atoms with Gasteiger partial charge in [-0.25, -0.2) is 0 Å². The third-order valence-corrected chi connectivity index (χ3v) is 2.60. The van der Waals surface area contributed by atoms with Crippen LogP contribution < -0.4 is 0 Å². The number of benzene rings is 1. The lowest BCUT2D eigenvalue weighted by molar-refractivity contribution is 1.57. The van der Waals surface area contributed by atoms with Crippen molar-refractivity contribution in [1.82, 2.24) is 0 Å². The molecule has 0 radical (unpaired) electrons. The van der Waals surface area contributed by atoms with Crippen LogP contribution in [-0.4, -0.2) is 0 Å². The fraction of sp³-hybridized carbons (Fsp3) is 0. The highest BCUT2D eigenvalue weighted by atomic mass is 32.1. The van der Waals surface area contributed by atoms with Crippen LogP contribution in [-0.2, 0) is 0 Å². The van der Waals surface area contributed by atoms with E-state index in [0.717, 1.165) is 11.1 Å². The standard InChI is InChI=1S/C10H7NOS/c12-11-10-9(6-7-13-10)8-4-2-1-3-5-8/h1-7H. The second-order valence-corrected chi connectivity index (χ2v) is 3.49. The molecule has 0 atom stereocenters. The van der Waals surface area contributed by atoms with Crippen LogP contribution in [0.5, 0.6) is 0 Å². The van der Waals surface area contributed by atoms with Gasteiger partial charge in [0.05, 0.1) is 0 Å². The average molecular weight is 189 g/mol. The molecule has 0 spiro atoms. The van der Waals surface area contributed by atoms with Crippen molar-refractivity contribution >= 4 is 16.3 Å². The molecule has 0 fully saturated rings. The van der Waals surface area contributed by atoms with Crippen molar-refractivity contribution in [2.75, 3.05) is 0 Å². The molecule has 0 amide bonds. The molecule has 0 saturated carbocycles. The van der Waals surface area contributed by atoms with Gasteiger partial charge in [0, 0.05) is 5.56 Å². The van der Waals surface area contributed by atoms with E-state index in [2.05, 4.69) is 5.18 Å². The number of nitrogens with zero attached hydrogens (tertiary/aromatic N) is 1. The molecule has 2 rings (SSSR count). The first-order chi connectivity index (χ1) is 6.42. The fourth-order valence-corrected chi connectivity index (χ4v) is 1.90. The number of rotatable bonds is 2. The van der Waals surface area contributed by atoms with Crippen LogP contribution in [0.3, 0.4) is 0 Å². The Kier molecular flexibility index (Phi) is 2.19. The maximum Gasteiger partial charge on any atom is 0.168 e. The molecule has 13 heavy (non-hydrogen) atoms. The third-order valence-electron chi connectivity index (χ3n) is 1.81. The maximum atomic E-state index is 10.4. The summed E-state index contributed by atoms with van der Waals surface area (Å²) in [5, 5.41) is 5.40. The van der Waals surface area contributed by atoms with Crippen LogP contribution in [0.4, 0.5) is 5.00 Å². The van der Waals surface area contributed by atoms with Gasteiger partial charge in [-0.2, -0.15) is 0 Å². The molecule has 1 aromatic heterocycles. The fourth-order valence-electron chi connectivity index (χ4n) is 1.21. The molecule has 0 bridgehead atoms. The van der Waals surface area contributed by atoms with Gasteiger partial charge in [0.1, 0.15) is 0 Å². The third kappa shape index (κ3) is 1.51. The Labute approximate surface area is 79.8 Å². The molecule has 0 unspecified atom stereocenters. The zero-order valence-electron chi connectivity index (χ0n) is 6.81. The molecule has 2 aromatic rings. The first kappa shape index (κ1) is 8.13. The van der Waals surface area contributed by atoms with E-state index >= 15 is 0 Å². The van der Waals surface area contributed by atoms with Gasteiger partial charge in [-0.3, -0.25) is 0 Å². The van der Waals surface area contributed by atoms with Crippen molar-refractivity contribution in [2.24, 2.45) is 5.18 Å². The summed E-state index contributed by atoms with van der Waals surface area (Å²) >= 11 is 1.37. The van der Waals surface area contributed by atoms with Crippen molar-refractivity contribution in [3.8, 4) is 11.1 Å². The van der Waals surface area contributed by atoms with Gasteiger partial charge in [0.15, 0.2) is 5.00 Å². The normalized spacial score (nSPS) is 9.85. The van der Waals surface area contributed by atoms with Gasteiger partial charge >= 0.3 is 0 Å². The van der Waals surface area contributed by atoms with Gasteiger partial charge in [-0.05, 0) is 22.2 Å². The van der Waals surface area contributed by atoms with Crippen LogP contribution in [0.1, 0.15) is 0 Å². The molecule has 2 nitrogen and oxygen atoms in total. The topological polar surface area (TPSA) is 29.4 Å². The van der Waals surface area contributed by atoms with Gasteiger partial charge in [0.25, 0.3) is 0 Å². The number of hydrogen-bond donors (Lipinski definition) is 0. The second-order valence-electron chi connectivity index (χ2n) is 2.60. The quantitative estimate of drug-likeness (QED) is 0.660. The highest BCUT2D eigenvalue weighted by Gasteiger charge is 2.05. The van der Waals surface area contributed by atoms with Gasteiger partial charge in [0.2, 0.25) is 0 Å². The van der Waals surface area contributed by atoms with Crippen LogP contribution >= 0.6 is 11.3 Å². The molecule has 0 N–H and O–H groups in total. The van der Waals surface area contributed by atoms with E-state index in [1.807, 2.05) is 41.8 Å². The van der Waals surface area contributed by atoms with Gasteiger partial charge < -0.3 is 0 Å². The Hall–Kier alpha value is -1.48. The molecule has 3 heteroatoms. The molecular weight excluding hydrogens is 182 g/mol. The molecule has 1 aromatic carbocycles. The number of thiophene rings is 1. The summed E-state index contributed by atoms with van der Waals surface area (Å²) in [5.74, 6) is 0. The van der Waals surface area contributed by atoms with Crippen molar-refractivity contribution < 1.29 is 0 Å². The summed E-state index contributed by atoms with van der Waals surface area (Å²) in [6.07, 6.45) is 0. The lowest BCUT2D eigenvalue weighted by Crippen LogP contribution is -1.71. The van der Waals surface area contributed by atoms with Crippen LogP contribution in [0.25, 0.3) is 11.1 Å².